The highest BCUT2D eigenvalue weighted by Gasteiger charge is 2.14. The number of nitrogens with one attached hydrogen (secondary N) is 1. The van der Waals surface area contributed by atoms with Gasteiger partial charge in [0.15, 0.2) is 0 Å². The molecule has 0 aliphatic rings. The summed E-state index contributed by atoms with van der Waals surface area (Å²) in [4.78, 5) is 11.1. The van der Waals surface area contributed by atoms with Crippen LogP contribution in [0.2, 0.25) is 0 Å². The molecule has 2 rings (SSSR count). The Morgan fingerprint density at radius 1 is 1.15 bits per heavy atom. The summed E-state index contributed by atoms with van der Waals surface area (Å²) in [7, 11) is 0. The second-order valence-electron chi connectivity index (χ2n) is 4.87. The van der Waals surface area contributed by atoms with Gasteiger partial charge in [-0.15, -0.1) is 0 Å². The molecule has 3 nitrogen and oxygen atoms in total. The smallest absolute Gasteiger partial charge is 0.337 e. The van der Waals surface area contributed by atoms with Crippen LogP contribution in [0.25, 0.3) is 0 Å². The first-order chi connectivity index (χ1) is 9.49. The molecule has 0 spiro atoms. The van der Waals surface area contributed by atoms with Crippen molar-refractivity contribution in [1.29, 1.82) is 0 Å². The molecule has 0 aliphatic carbocycles. The molecule has 0 unspecified atom stereocenters. The molecule has 20 heavy (non-hydrogen) atoms. The van der Waals surface area contributed by atoms with Crippen molar-refractivity contribution in [3.8, 4) is 0 Å². The number of rotatable bonds is 4. The number of carboxylic acid groups (broad SMARTS) is 1. The second kappa shape index (κ2) is 5.74. The van der Waals surface area contributed by atoms with Gasteiger partial charge >= 0.3 is 5.97 Å². The molecule has 0 radical (unpaired) electrons. The molecular weight excluding hydrogens is 257 g/mol. The van der Waals surface area contributed by atoms with Crippen molar-refractivity contribution in [1.82, 2.24) is 0 Å². The van der Waals surface area contributed by atoms with Crippen molar-refractivity contribution in [2.75, 3.05) is 5.32 Å². The molecule has 0 saturated heterocycles. The Morgan fingerprint density at radius 2 is 1.80 bits per heavy atom. The normalized spacial score (nSPS) is 10.6. The molecule has 4 heteroatoms. The third-order valence-corrected chi connectivity index (χ3v) is 3.09. The van der Waals surface area contributed by atoms with E-state index in [4.69, 9.17) is 5.11 Å². The maximum atomic E-state index is 13.8. The van der Waals surface area contributed by atoms with Crippen molar-refractivity contribution < 1.29 is 14.3 Å². The van der Waals surface area contributed by atoms with Crippen molar-refractivity contribution >= 4 is 17.3 Å². The number of halogens is 1. The van der Waals surface area contributed by atoms with Gasteiger partial charge in [-0.05, 0) is 35.7 Å². The van der Waals surface area contributed by atoms with E-state index in [1.165, 1.54) is 23.8 Å². The van der Waals surface area contributed by atoms with Gasteiger partial charge in [0.2, 0.25) is 0 Å². The van der Waals surface area contributed by atoms with Gasteiger partial charge in [0.1, 0.15) is 5.82 Å². The number of carbonyl (C=O) groups is 1. The monoisotopic (exact) mass is 273 g/mol. The average Bonchev–Trinajstić information content (AvgIpc) is 2.41. The van der Waals surface area contributed by atoms with Crippen LogP contribution in [0.1, 0.15) is 35.7 Å². The Balaban J connectivity index is 2.32. The first kappa shape index (κ1) is 14.1. The van der Waals surface area contributed by atoms with E-state index in [1.54, 1.807) is 0 Å². The lowest BCUT2D eigenvalue weighted by atomic mass is 10.0. The van der Waals surface area contributed by atoms with E-state index in [0.29, 0.717) is 11.6 Å². The van der Waals surface area contributed by atoms with E-state index < -0.39 is 11.8 Å². The molecule has 2 aromatic rings. The number of anilines is 2. The summed E-state index contributed by atoms with van der Waals surface area (Å²) in [5.74, 6) is -1.34. The molecule has 0 amide bonds. The average molecular weight is 273 g/mol. The van der Waals surface area contributed by atoms with Gasteiger partial charge in [0.25, 0.3) is 0 Å². The van der Waals surface area contributed by atoms with Gasteiger partial charge < -0.3 is 10.4 Å². The minimum Gasteiger partial charge on any atom is -0.478 e. The van der Waals surface area contributed by atoms with Gasteiger partial charge in [-0.25, -0.2) is 9.18 Å². The zero-order valence-corrected chi connectivity index (χ0v) is 11.4. The zero-order valence-electron chi connectivity index (χ0n) is 11.4. The minimum absolute atomic E-state index is 0.0164. The first-order valence-corrected chi connectivity index (χ1v) is 6.38. The molecule has 0 aliphatic heterocycles. The molecule has 0 aromatic heterocycles. The zero-order chi connectivity index (χ0) is 14.7. The Labute approximate surface area is 117 Å². The van der Waals surface area contributed by atoms with E-state index in [2.05, 4.69) is 19.2 Å². The fourth-order valence-corrected chi connectivity index (χ4v) is 1.93. The molecule has 104 valence electrons. The van der Waals surface area contributed by atoms with Crippen molar-refractivity contribution in [3.05, 3.63) is 59.4 Å². The standard InChI is InChI=1S/C16H16FNO2/c1-10(2)11-6-8-12(9-7-11)18-15-13(16(19)20)4-3-5-14(15)17/h3-10,18H,1-2H3,(H,19,20). The maximum absolute atomic E-state index is 13.8. The van der Waals surface area contributed by atoms with Crippen LogP contribution in [0.5, 0.6) is 0 Å². The van der Waals surface area contributed by atoms with Gasteiger partial charge in [-0.1, -0.05) is 32.0 Å². The lowest BCUT2D eigenvalue weighted by Gasteiger charge is -2.12. The van der Waals surface area contributed by atoms with Gasteiger partial charge in [0, 0.05) is 5.69 Å². The number of para-hydroxylation sites is 1. The quantitative estimate of drug-likeness (QED) is 0.868. The summed E-state index contributed by atoms with van der Waals surface area (Å²) < 4.78 is 13.8. The highest BCUT2D eigenvalue weighted by Crippen LogP contribution is 2.25. The largest absolute Gasteiger partial charge is 0.478 e. The predicted molar refractivity (Wildman–Crippen MR) is 77.2 cm³/mol. The van der Waals surface area contributed by atoms with E-state index >= 15 is 0 Å². The number of hydrogen-bond donors (Lipinski definition) is 2. The number of aromatic carboxylic acids is 1. The van der Waals surface area contributed by atoms with E-state index in [0.717, 1.165) is 0 Å². The molecule has 0 bridgehead atoms. The van der Waals surface area contributed by atoms with Crippen LogP contribution in [-0.2, 0) is 0 Å². The fourth-order valence-electron chi connectivity index (χ4n) is 1.93. The SMILES string of the molecule is CC(C)c1ccc(Nc2c(F)cccc2C(=O)O)cc1. The van der Waals surface area contributed by atoms with Crippen LogP contribution in [-0.4, -0.2) is 11.1 Å². The summed E-state index contributed by atoms with van der Waals surface area (Å²) in [6.45, 7) is 4.17. The minimum atomic E-state index is -1.16. The molecule has 0 saturated carbocycles. The van der Waals surface area contributed by atoms with Crippen LogP contribution >= 0.6 is 0 Å². The molecule has 2 aromatic carbocycles. The predicted octanol–water partition coefficient (Wildman–Crippen LogP) is 4.39. The maximum Gasteiger partial charge on any atom is 0.337 e. The lowest BCUT2D eigenvalue weighted by Crippen LogP contribution is -2.04. The summed E-state index contributed by atoms with van der Waals surface area (Å²) in [6.07, 6.45) is 0. The molecule has 2 N–H and O–H groups in total. The Bertz CT molecular complexity index is 621. The lowest BCUT2D eigenvalue weighted by molar-refractivity contribution is 0.0697. The van der Waals surface area contributed by atoms with Crippen LogP contribution in [0, 0.1) is 5.82 Å². The molecule has 0 heterocycles. The van der Waals surface area contributed by atoms with Crippen molar-refractivity contribution in [3.63, 3.8) is 0 Å². The number of benzene rings is 2. The Morgan fingerprint density at radius 3 is 2.35 bits per heavy atom. The summed E-state index contributed by atoms with van der Waals surface area (Å²) in [5, 5.41) is 11.9. The van der Waals surface area contributed by atoms with Crippen LogP contribution < -0.4 is 5.32 Å². The summed E-state index contributed by atoms with van der Waals surface area (Å²) in [5.41, 5.74) is 1.72. The van der Waals surface area contributed by atoms with Crippen LogP contribution in [0.3, 0.4) is 0 Å². The highest BCUT2D eigenvalue weighted by molar-refractivity contribution is 5.95. The topological polar surface area (TPSA) is 49.3 Å². The van der Waals surface area contributed by atoms with Crippen molar-refractivity contribution in [2.45, 2.75) is 19.8 Å². The molecular formula is C16H16FNO2. The Kier molecular flexibility index (Phi) is 4.03. The number of carboxylic acids is 1. The van der Waals surface area contributed by atoms with Crippen LogP contribution in [0.15, 0.2) is 42.5 Å². The third-order valence-electron chi connectivity index (χ3n) is 3.09. The third kappa shape index (κ3) is 2.96. The van der Waals surface area contributed by atoms with E-state index in [-0.39, 0.29) is 11.3 Å². The highest BCUT2D eigenvalue weighted by atomic mass is 19.1. The molecule has 0 atom stereocenters. The second-order valence-corrected chi connectivity index (χ2v) is 4.87. The van der Waals surface area contributed by atoms with Gasteiger partial charge in [-0.2, -0.15) is 0 Å². The van der Waals surface area contributed by atoms with Crippen molar-refractivity contribution in [2.24, 2.45) is 0 Å². The van der Waals surface area contributed by atoms with Crippen LogP contribution in [0.4, 0.5) is 15.8 Å². The molecule has 0 fully saturated rings. The first-order valence-electron chi connectivity index (χ1n) is 6.38. The van der Waals surface area contributed by atoms with Gasteiger partial charge in [-0.3, -0.25) is 0 Å². The summed E-state index contributed by atoms with van der Waals surface area (Å²) >= 11 is 0. The number of hydrogen-bond acceptors (Lipinski definition) is 2. The Hall–Kier alpha value is -2.36. The van der Waals surface area contributed by atoms with Gasteiger partial charge in [0.05, 0.1) is 11.3 Å². The van der Waals surface area contributed by atoms with E-state index in [9.17, 15) is 9.18 Å². The summed E-state index contributed by atoms with van der Waals surface area (Å²) in [6, 6.07) is 11.5. The fraction of sp³-hybridized carbons (Fsp3) is 0.188. The van der Waals surface area contributed by atoms with E-state index in [1.807, 2.05) is 24.3 Å².